The molecule has 2 N–H and O–H groups in total. The Balaban J connectivity index is 1.48. The van der Waals surface area contributed by atoms with Crippen molar-refractivity contribution in [1.29, 1.82) is 0 Å². The van der Waals surface area contributed by atoms with Gasteiger partial charge in [-0.25, -0.2) is 4.79 Å². The summed E-state index contributed by atoms with van der Waals surface area (Å²) in [5.41, 5.74) is -1.49. The largest absolute Gasteiger partial charge is 0.445 e. The van der Waals surface area contributed by atoms with E-state index in [4.69, 9.17) is 4.74 Å². The van der Waals surface area contributed by atoms with E-state index in [-0.39, 0.29) is 40.8 Å². The van der Waals surface area contributed by atoms with Crippen LogP contribution in [0.4, 0.5) is 4.79 Å². The van der Waals surface area contributed by atoms with Crippen LogP contribution < -0.4 is 5.32 Å². The number of imide groups is 1. The van der Waals surface area contributed by atoms with Crippen LogP contribution in [0.5, 0.6) is 0 Å². The van der Waals surface area contributed by atoms with E-state index in [9.17, 15) is 19.5 Å². The average molecular weight is 515 g/mol. The molecule has 7 heteroatoms. The lowest BCUT2D eigenvalue weighted by Crippen LogP contribution is -2.63. The second kappa shape index (κ2) is 9.48. The number of ether oxygens (including phenoxy) is 1. The molecule has 2 heterocycles. The molecule has 0 radical (unpaired) electrons. The van der Waals surface area contributed by atoms with E-state index in [1.807, 2.05) is 0 Å². The third-order valence-corrected chi connectivity index (χ3v) is 11.7. The Morgan fingerprint density at radius 1 is 1.19 bits per heavy atom. The molecule has 11 atom stereocenters. The molecule has 0 spiro atoms. The van der Waals surface area contributed by atoms with Gasteiger partial charge in [-0.05, 0) is 68.2 Å². The molecule has 206 valence electrons. The number of hydrogen-bond donors (Lipinski definition) is 2. The molecule has 4 bridgehead atoms. The first-order valence-corrected chi connectivity index (χ1v) is 14.6. The minimum Gasteiger partial charge on any atom is -0.445 e. The zero-order valence-electron chi connectivity index (χ0n) is 23.3. The third kappa shape index (κ3) is 4.10. The molecule has 5 aliphatic rings. The summed E-state index contributed by atoms with van der Waals surface area (Å²) in [4.78, 5) is 42.2. The summed E-state index contributed by atoms with van der Waals surface area (Å²) in [5.74, 6) is -0.0265. The number of amides is 2. The van der Waals surface area contributed by atoms with Crippen LogP contribution in [-0.4, -0.2) is 59.6 Å². The van der Waals surface area contributed by atoms with E-state index in [0.717, 1.165) is 45.2 Å². The zero-order valence-corrected chi connectivity index (χ0v) is 23.3. The maximum absolute atomic E-state index is 13.6. The first kappa shape index (κ1) is 26.9. The average Bonchev–Trinajstić information content (AvgIpc) is 3.59. The summed E-state index contributed by atoms with van der Waals surface area (Å²) in [6.45, 7) is 13.2. The van der Waals surface area contributed by atoms with E-state index < -0.39 is 29.1 Å². The lowest BCUT2D eigenvalue weighted by molar-refractivity contribution is -0.191. The standard InChI is InChI=1S/C30H46N2O5/c1-6-7-11-28(4)15-23(37-27(36)31-26(35)21-17-32-14-10-20(21)16-32)29(5)18(2)8-12-30(19(3)25(28)34)13-9-22(33)24(29)30/h7,11,18-21,23-25,34H,6,8-10,12-17H2,1-5H3,(H,31,35,36)/b11-7+/t18-,19+,20-,21+,23-,24-,25+,28-,29+,30?/m1/s1. The SMILES string of the molecule is CC/C=C/[C@]1(C)C[C@@H](OC(=O)NC(=O)[C@H]2CN3CC[C@@H]2C3)[C@]2(C)[C@H](C)CCC3(CCC(=O)[C@@H]32)[C@@H](C)[C@@H]1O. The molecule has 3 aliphatic carbocycles. The van der Waals surface area contributed by atoms with Crippen molar-refractivity contribution in [2.45, 2.75) is 91.8 Å². The lowest BCUT2D eigenvalue weighted by atomic mass is 9.44. The van der Waals surface area contributed by atoms with Crippen molar-refractivity contribution in [3.8, 4) is 0 Å². The molecule has 37 heavy (non-hydrogen) atoms. The van der Waals surface area contributed by atoms with Gasteiger partial charge in [0.15, 0.2) is 0 Å². The Bertz CT molecular complexity index is 981. The molecular weight excluding hydrogens is 468 g/mol. The van der Waals surface area contributed by atoms with Crippen LogP contribution in [0, 0.1) is 45.8 Å². The molecule has 2 unspecified atom stereocenters. The highest BCUT2D eigenvalue weighted by Gasteiger charge is 2.68. The monoisotopic (exact) mass is 514 g/mol. The number of fused-ring (bicyclic) bond motifs is 2. The number of ketones is 1. The van der Waals surface area contributed by atoms with E-state index in [1.165, 1.54) is 0 Å². The summed E-state index contributed by atoms with van der Waals surface area (Å²) < 4.78 is 6.23. The van der Waals surface area contributed by atoms with Crippen molar-refractivity contribution >= 4 is 17.8 Å². The Hall–Kier alpha value is -1.73. The quantitative estimate of drug-likeness (QED) is 0.542. The summed E-state index contributed by atoms with van der Waals surface area (Å²) in [6, 6.07) is 0. The van der Waals surface area contributed by atoms with E-state index >= 15 is 0 Å². The highest BCUT2D eigenvalue weighted by atomic mass is 16.6. The van der Waals surface area contributed by atoms with Crippen molar-refractivity contribution in [3.05, 3.63) is 12.2 Å². The molecule has 2 saturated heterocycles. The van der Waals surface area contributed by atoms with Crippen LogP contribution in [0.3, 0.4) is 0 Å². The van der Waals surface area contributed by atoms with Gasteiger partial charge in [0.25, 0.3) is 0 Å². The second-order valence-electron chi connectivity index (χ2n) is 13.5. The number of aliphatic hydroxyl groups is 1. The fourth-order valence-corrected chi connectivity index (χ4v) is 9.28. The van der Waals surface area contributed by atoms with E-state index in [1.54, 1.807) is 0 Å². The molecule has 3 saturated carbocycles. The van der Waals surface area contributed by atoms with Gasteiger partial charge in [0, 0.05) is 36.3 Å². The predicted octanol–water partition coefficient (Wildman–Crippen LogP) is 4.33. The van der Waals surface area contributed by atoms with Gasteiger partial charge in [-0.1, -0.05) is 46.8 Å². The Morgan fingerprint density at radius 3 is 2.59 bits per heavy atom. The molecule has 2 amide bonds. The van der Waals surface area contributed by atoms with Crippen molar-refractivity contribution in [2.75, 3.05) is 19.6 Å². The summed E-state index contributed by atoms with van der Waals surface area (Å²) in [7, 11) is 0. The number of alkyl carbamates (subject to hydrolysis) is 1. The number of nitrogens with zero attached hydrogens (tertiary/aromatic N) is 1. The first-order valence-electron chi connectivity index (χ1n) is 14.6. The lowest BCUT2D eigenvalue weighted by Gasteiger charge is -2.61. The summed E-state index contributed by atoms with van der Waals surface area (Å²) in [6.07, 6.45) is 7.58. The van der Waals surface area contributed by atoms with Gasteiger partial charge in [-0.2, -0.15) is 0 Å². The van der Waals surface area contributed by atoms with Crippen molar-refractivity contribution in [3.63, 3.8) is 0 Å². The van der Waals surface area contributed by atoms with Crippen LogP contribution in [0.1, 0.15) is 79.6 Å². The van der Waals surface area contributed by atoms with Crippen molar-refractivity contribution < 1.29 is 24.2 Å². The molecule has 0 aromatic carbocycles. The van der Waals surface area contributed by atoms with E-state index in [0.29, 0.717) is 25.3 Å². The Morgan fingerprint density at radius 2 is 1.95 bits per heavy atom. The molecule has 5 rings (SSSR count). The minimum absolute atomic E-state index is 0.0496. The van der Waals surface area contributed by atoms with Crippen molar-refractivity contribution in [2.24, 2.45) is 45.8 Å². The van der Waals surface area contributed by atoms with Gasteiger partial charge >= 0.3 is 6.09 Å². The number of piperidine rings is 1. The number of hydrogen-bond acceptors (Lipinski definition) is 6. The van der Waals surface area contributed by atoms with Gasteiger partial charge in [0.2, 0.25) is 5.91 Å². The number of carbonyl (C=O) groups is 3. The number of rotatable bonds is 4. The van der Waals surface area contributed by atoms with Crippen LogP contribution in [-0.2, 0) is 14.3 Å². The highest BCUT2D eigenvalue weighted by Crippen LogP contribution is 2.68. The molecule has 2 aliphatic heterocycles. The fraction of sp³-hybridized carbons (Fsp3) is 0.833. The van der Waals surface area contributed by atoms with Crippen LogP contribution in [0.25, 0.3) is 0 Å². The van der Waals surface area contributed by atoms with Gasteiger partial charge in [-0.3, -0.25) is 14.9 Å². The molecule has 5 fully saturated rings. The zero-order chi connectivity index (χ0) is 26.8. The summed E-state index contributed by atoms with van der Waals surface area (Å²) >= 11 is 0. The highest BCUT2D eigenvalue weighted by molar-refractivity contribution is 5.93. The van der Waals surface area contributed by atoms with Gasteiger partial charge in [-0.15, -0.1) is 0 Å². The minimum atomic E-state index is -0.715. The molecule has 7 nitrogen and oxygen atoms in total. The number of carbonyl (C=O) groups excluding carboxylic acids is 3. The number of nitrogens with one attached hydrogen (secondary N) is 1. The number of Topliss-reactive ketones (excluding diaryl/α,β-unsaturated/α-hetero) is 1. The topological polar surface area (TPSA) is 95.9 Å². The smallest absolute Gasteiger partial charge is 0.414 e. The molecular formula is C30H46N2O5. The normalized spacial score (nSPS) is 49.0. The second-order valence-corrected chi connectivity index (χ2v) is 13.5. The van der Waals surface area contributed by atoms with Crippen LogP contribution in [0.15, 0.2) is 12.2 Å². The number of aliphatic hydroxyl groups excluding tert-OH is 1. The molecule has 0 aromatic rings. The van der Waals surface area contributed by atoms with Gasteiger partial charge < -0.3 is 14.7 Å². The maximum atomic E-state index is 13.6. The van der Waals surface area contributed by atoms with Crippen LogP contribution in [0.2, 0.25) is 0 Å². The summed E-state index contributed by atoms with van der Waals surface area (Å²) in [5, 5.41) is 14.4. The Labute approximate surface area is 221 Å². The number of allylic oxidation sites excluding steroid dienone is 1. The fourth-order valence-electron chi connectivity index (χ4n) is 9.28. The Kier molecular flexibility index (Phi) is 6.88. The first-order chi connectivity index (χ1) is 17.5. The molecule has 0 aromatic heterocycles. The maximum Gasteiger partial charge on any atom is 0.414 e. The van der Waals surface area contributed by atoms with Crippen molar-refractivity contribution in [1.82, 2.24) is 10.2 Å². The van der Waals surface area contributed by atoms with Crippen LogP contribution >= 0.6 is 0 Å². The third-order valence-electron chi connectivity index (χ3n) is 11.7. The van der Waals surface area contributed by atoms with E-state index in [2.05, 4.69) is 57.0 Å². The van der Waals surface area contributed by atoms with Gasteiger partial charge in [0.05, 0.1) is 12.0 Å². The van der Waals surface area contributed by atoms with Gasteiger partial charge in [0.1, 0.15) is 11.9 Å². The predicted molar refractivity (Wildman–Crippen MR) is 140 cm³/mol.